The van der Waals surface area contributed by atoms with Crippen LogP contribution in [0.2, 0.25) is 0 Å². The Morgan fingerprint density at radius 2 is 2.08 bits per heavy atom. The minimum Gasteiger partial charge on any atom is -0.326 e. The van der Waals surface area contributed by atoms with E-state index in [4.69, 9.17) is 5.73 Å². The quantitative estimate of drug-likeness (QED) is 0.677. The van der Waals surface area contributed by atoms with Crippen LogP contribution in [0.1, 0.15) is 5.56 Å². The second-order valence-corrected chi connectivity index (χ2v) is 2.92. The van der Waals surface area contributed by atoms with E-state index in [9.17, 15) is 4.79 Å². The topological polar surface area (TPSA) is 58.9 Å². The maximum Gasteiger partial charge on any atom is 0.252 e. The van der Waals surface area contributed by atoms with Gasteiger partial charge in [0.05, 0.1) is 0 Å². The number of hydrogen-bond donors (Lipinski definition) is 2. The Morgan fingerprint density at radius 3 is 2.85 bits per heavy atom. The van der Waals surface area contributed by atoms with Gasteiger partial charge in [-0.05, 0) is 17.5 Å². The molecule has 2 rings (SSSR count). The van der Waals surface area contributed by atoms with Crippen LogP contribution in [0.15, 0.2) is 35.1 Å². The molecular weight excluding hydrogens is 164 g/mol. The number of fused-ring (bicyclic) bond motifs is 1. The van der Waals surface area contributed by atoms with Gasteiger partial charge in [0.15, 0.2) is 0 Å². The Hall–Kier alpha value is -1.61. The third-order valence-electron chi connectivity index (χ3n) is 2.05. The van der Waals surface area contributed by atoms with E-state index in [1.165, 1.54) is 0 Å². The van der Waals surface area contributed by atoms with Gasteiger partial charge >= 0.3 is 0 Å². The Labute approximate surface area is 75.2 Å². The van der Waals surface area contributed by atoms with Gasteiger partial charge in [0.25, 0.3) is 5.56 Å². The van der Waals surface area contributed by atoms with Gasteiger partial charge in [-0.3, -0.25) is 4.79 Å². The van der Waals surface area contributed by atoms with Crippen LogP contribution in [0.3, 0.4) is 0 Å². The van der Waals surface area contributed by atoms with E-state index in [2.05, 4.69) is 4.98 Å². The van der Waals surface area contributed by atoms with E-state index in [1.54, 1.807) is 0 Å². The summed E-state index contributed by atoms with van der Waals surface area (Å²) in [6.45, 7) is 0.278. The fourth-order valence-corrected chi connectivity index (χ4v) is 1.34. The Kier molecular flexibility index (Phi) is 1.87. The van der Waals surface area contributed by atoms with E-state index in [-0.39, 0.29) is 12.1 Å². The van der Waals surface area contributed by atoms with Crippen LogP contribution in [-0.4, -0.2) is 4.98 Å². The molecule has 0 unspecified atom stereocenters. The highest BCUT2D eigenvalue weighted by Gasteiger charge is 1.98. The molecule has 66 valence electrons. The normalized spacial score (nSPS) is 10.5. The number of para-hydroxylation sites is 1. The summed E-state index contributed by atoms with van der Waals surface area (Å²) in [5.74, 6) is 0. The molecule has 0 spiro atoms. The standard InChI is InChI=1S/C10H10N2O/c11-6-8-5-7-3-1-2-4-9(7)12-10(8)13/h1-5H,6,11H2,(H,12,13). The number of nitrogens with two attached hydrogens (primary N) is 1. The van der Waals surface area contributed by atoms with Gasteiger partial charge in [-0.25, -0.2) is 0 Å². The summed E-state index contributed by atoms with van der Waals surface area (Å²) >= 11 is 0. The molecule has 0 amide bonds. The molecule has 1 aromatic heterocycles. The molecule has 3 heteroatoms. The summed E-state index contributed by atoms with van der Waals surface area (Å²) in [6, 6.07) is 9.47. The summed E-state index contributed by atoms with van der Waals surface area (Å²) in [5, 5.41) is 1.02. The van der Waals surface area contributed by atoms with E-state index in [1.807, 2.05) is 30.3 Å². The van der Waals surface area contributed by atoms with Crippen LogP contribution < -0.4 is 11.3 Å². The van der Waals surface area contributed by atoms with Crippen molar-refractivity contribution in [3.8, 4) is 0 Å². The number of hydrogen-bond acceptors (Lipinski definition) is 2. The Morgan fingerprint density at radius 1 is 1.31 bits per heavy atom. The first-order valence-electron chi connectivity index (χ1n) is 4.12. The first-order valence-corrected chi connectivity index (χ1v) is 4.12. The fraction of sp³-hybridized carbons (Fsp3) is 0.100. The Balaban J connectivity index is 2.81. The van der Waals surface area contributed by atoms with Gasteiger partial charge < -0.3 is 10.7 Å². The van der Waals surface area contributed by atoms with E-state index in [0.29, 0.717) is 5.56 Å². The highest BCUT2D eigenvalue weighted by atomic mass is 16.1. The second kappa shape index (κ2) is 3.03. The average molecular weight is 174 g/mol. The minimum absolute atomic E-state index is 0.0961. The maximum absolute atomic E-state index is 11.3. The summed E-state index contributed by atoms with van der Waals surface area (Å²) < 4.78 is 0. The molecule has 0 bridgehead atoms. The molecule has 2 aromatic rings. The molecule has 3 nitrogen and oxygen atoms in total. The van der Waals surface area contributed by atoms with Crippen LogP contribution in [-0.2, 0) is 6.54 Å². The van der Waals surface area contributed by atoms with Crippen molar-refractivity contribution >= 4 is 10.9 Å². The number of benzene rings is 1. The molecule has 1 aromatic carbocycles. The first-order chi connectivity index (χ1) is 6.31. The molecule has 0 saturated heterocycles. The molecule has 0 radical (unpaired) electrons. The lowest BCUT2D eigenvalue weighted by Crippen LogP contribution is -2.15. The van der Waals surface area contributed by atoms with Gasteiger partial charge in [0.2, 0.25) is 0 Å². The molecule has 3 N–H and O–H groups in total. The number of nitrogens with one attached hydrogen (secondary N) is 1. The summed E-state index contributed by atoms with van der Waals surface area (Å²) in [7, 11) is 0. The van der Waals surface area contributed by atoms with Gasteiger partial charge in [0.1, 0.15) is 0 Å². The lowest BCUT2D eigenvalue weighted by atomic mass is 10.1. The first kappa shape index (κ1) is 8.01. The van der Waals surface area contributed by atoms with Gasteiger partial charge in [-0.15, -0.1) is 0 Å². The fourth-order valence-electron chi connectivity index (χ4n) is 1.34. The van der Waals surface area contributed by atoms with E-state index in [0.717, 1.165) is 10.9 Å². The number of H-pyrrole nitrogens is 1. The summed E-state index contributed by atoms with van der Waals surface area (Å²) in [4.78, 5) is 14.1. The monoisotopic (exact) mass is 174 g/mol. The average Bonchev–Trinajstić information content (AvgIpc) is 2.17. The van der Waals surface area contributed by atoms with Gasteiger partial charge in [-0.1, -0.05) is 18.2 Å². The SMILES string of the molecule is NCc1cc2ccccc2[nH]c1=O. The molecular formula is C10H10N2O. The van der Waals surface area contributed by atoms with Crippen molar-refractivity contribution in [3.63, 3.8) is 0 Å². The van der Waals surface area contributed by atoms with Crippen molar-refractivity contribution < 1.29 is 0 Å². The third kappa shape index (κ3) is 1.34. The molecule has 13 heavy (non-hydrogen) atoms. The van der Waals surface area contributed by atoms with Crippen molar-refractivity contribution in [2.75, 3.05) is 0 Å². The van der Waals surface area contributed by atoms with Crippen LogP contribution in [0.4, 0.5) is 0 Å². The minimum atomic E-state index is -0.0961. The lowest BCUT2D eigenvalue weighted by Gasteiger charge is -1.99. The molecule has 0 atom stereocenters. The second-order valence-electron chi connectivity index (χ2n) is 2.92. The molecule has 1 heterocycles. The number of aromatic nitrogens is 1. The zero-order valence-corrected chi connectivity index (χ0v) is 7.08. The van der Waals surface area contributed by atoms with Crippen LogP contribution in [0, 0.1) is 0 Å². The zero-order valence-electron chi connectivity index (χ0n) is 7.08. The van der Waals surface area contributed by atoms with Crippen LogP contribution >= 0.6 is 0 Å². The van der Waals surface area contributed by atoms with Crippen molar-refractivity contribution in [2.24, 2.45) is 5.73 Å². The molecule has 0 fully saturated rings. The third-order valence-corrected chi connectivity index (χ3v) is 2.05. The number of rotatable bonds is 1. The summed E-state index contributed by atoms with van der Waals surface area (Å²) in [5.41, 5.74) is 6.80. The van der Waals surface area contributed by atoms with Crippen molar-refractivity contribution in [1.29, 1.82) is 0 Å². The predicted molar refractivity (Wildman–Crippen MR) is 52.5 cm³/mol. The van der Waals surface area contributed by atoms with Gasteiger partial charge in [0, 0.05) is 17.6 Å². The van der Waals surface area contributed by atoms with E-state index >= 15 is 0 Å². The highest BCUT2D eigenvalue weighted by Crippen LogP contribution is 2.09. The summed E-state index contributed by atoms with van der Waals surface area (Å²) in [6.07, 6.45) is 0. The zero-order chi connectivity index (χ0) is 9.26. The van der Waals surface area contributed by atoms with Crippen LogP contribution in [0.25, 0.3) is 10.9 Å². The lowest BCUT2D eigenvalue weighted by molar-refractivity contribution is 1.03. The number of aromatic amines is 1. The van der Waals surface area contributed by atoms with Crippen molar-refractivity contribution in [3.05, 3.63) is 46.2 Å². The highest BCUT2D eigenvalue weighted by molar-refractivity contribution is 5.78. The molecule has 0 saturated carbocycles. The van der Waals surface area contributed by atoms with Crippen molar-refractivity contribution in [1.82, 2.24) is 4.98 Å². The molecule has 0 aliphatic rings. The Bertz CT molecular complexity index is 487. The van der Waals surface area contributed by atoms with Gasteiger partial charge in [-0.2, -0.15) is 0 Å². The van der Waals surface area contributed by atoms with E-state index < -0.39 is 0 Å². The smallest absolute Gasteiger partial charge is 0.252 e. The maximum atomic E-state index is 11.3. The molecule has 0 aliphatic heterocycles. The predicted octanol–water partition coefficient (Wildman–Crippen LogP) is 0.987. The van der Waals surface area contributed by atoms with Crippen molar-refractivity contribution in [2.45, 2.75) is 6.54 Å². The number of pyridine rings is 1. The molecule has 0 aliphatic carbocycles. The van der Waals surface area contributed by atoms with Crippen LogP contribution in [0.5, 0.6) is 0 Å². The largest absolute Gasteiger partial charge is 0.326 e.